The Morgan fingerprint density at radius 1 is 0.913 bits per heavy atom. The molecule has 1 saturated carbocycles. The Hall–Kier alpha value is -5.12. The van der Waals surface area contributed by atoms with E-state index in [0.29, 0.717) is 19.3 Å². The fraction of sp³-hybridized carbons (Fsp3) is 0.564. The van der Waals surface area contributed by atoms with Gasteiger partial charge in [-0.05, 0) is 74.8 Å². The van der Waals surface area contributed by atoms with Crippen LogP contribution in [-0.4, -0.2) is 112 Å². The number of carbonyl (C=O) groups is 4. The van der Waals surface area contributed by atoms with Crippen molar-refractivity contribution in [3.63, 3.8) is 0 Å². The third-order valence-corrected chi connectivity index (χ3v) is 14.0. The van der Waals surface area contributed by atoms with Crippen molar-refractivity contribution < 1.29 is 53.2 Å². The number of ether oxygens (including phenoxy) is 4. The van der Waals surface area contributed by atoms with Gasteiger partial charge in [0.15, 0.2) is 11.8 Å². The van der Waals surface area contributed by atoms with Crippen molar-refractivity contribution in [3.05, 3.63) is 107 Å². The molecule has 0 aromatic heterocycles. The van der Waals surface area contributed by atoms with Crippen molar-refractivity contribution in [1.29, 1.82) is 0 Å². The zero-order valence-electron chi connectivity index (χ0n) is 41.3. The summed E-state index contributed by atoms with van der Waals surface area (Å²) in [5.74, 6) is -2.76. The van der Waals surface area contributed by atoms with Crippen molar-refractivity contribution in [3.8, 4) is 5.75 Å². The van der Waals surface area contributed by atoms with Gasteiger partial charge in [0.05, 0.1) is 19.2 Å². The lowest BCUT2D eigenvalue weighted by molar-refractivity contribution is -0.225. The molecule has 14 heteroatoms. The number of rotatable bonds is 23. The maximum atomic E-state index is 15.9. The lowest BCUT2D eigenvalue weighted by atomic mass is 9.62. The Kier molecular flexibility index (Phi) is 17.1. The number of nitrogens with one attached hydrogen (secondary N) is 1. The van der Waals surface area contributed by atoms with Crippen LogP contribution < -0.4 is 5.32 Å². The van der Waals surface area contributed by atoms with E-state index < -0.39 is 89.7 Å². The summed E-state index contributed by atoms with van der Waals surface area (Å²) in [6.07, 6.45) is 8.65. The SMILES string of the molecule is CCCCCC1(CCCCC)O[C@@H]2[C@H](O1)[C@H]1ON(Cc3ccc(C=CCc4ccccc4O)cc3)[C@@H]3C(=O)O[C@@H]2C[C@]13C(=O)N(C)[C@H](Cc1ccccc1)C(=O)N[C@H](CO)CCC(=O)OC(C)(C)C. The van der Waals surface area contributed by atoms with Crippen molar-refractivity contribution in [2.45, 2.75) is 179 Å². The Morgan fingerprint density at radius 3 is 2.23 bits per heavy atom. The minimum Gasteiger partial charge on any atom is -0.508 e. The minimum absolute atomic E-state index is 0.0356. The van der Waals surface area contributed by atoms with Gasteiger partial charge in [0.25, 0.3) is 0 Å². The highest BCUT2D eigenvalue weighted by Gasteiger charge is 2.76. The van der Waals surface area contributed by atoms with Crippen LogP contribution in [0, 0.1) is 5.41 Å². The van der Waals surface area contributed by atoms with Gasteiger partial charge in [0.1, 0.15) is 47.2 Å². The first-order valence-corrected chi connectivity index (χ1v) is 25.1. The van der Waals surface area contributed by atoms with Crippen LogP contribution in [-0.2, 0) is 62.3 Å². The molecule has 4 fully saturated rings. The third kappa shape index (κ3) is 12.1. The van der Waals surface area contributed by atoms with E-state index in [2.05, 4.69) is 19.2 Å². The van der Waals surface area contributed by atoms with Gasteiger partial charge < -0.3 is 39.4 Å². The molecule has 3 N–H and O–H groups in total. The molecule has 0 unspecified atom stereocenters. The summed E-state index contributed by atoms with van der Waals surface area (Å²) in [7, 11) is 1.58. The van der Waals surface area contributed by atoms with Gasteiger partial charge in [-0.2, -0.15) is 5.06 Å². The van der Waals surface area contributed by atoms with Crippen LogP contribution in [0.1, 0.15) is 128 Å². The van der Waals surface area contributed by atoms with E-state index in [0.717, 1.165) is 60.8 Å². The van der Waals surface area contributed by atoms with E-state index in [1.165, 1.54) is 4.90 Å². The molecule has 1 aliphatic carbocycles. The van der Waals surface area contributed by atoms with Crippen LogP contribution in [0.25, 0.3) is 6.08 Å². The fourth-order valence-electron chi connectivity index (χ4n) is 10.5. The highest BCUT2D eigenvalue weighted by molar-refractivity contribution is 5.96. The van der Waals surface area contributed by atoms with Crippen LogP contribution in [0.15, 0.2) is 84.9 Å². The number of likely N-dealkylation sites (N-methyl/N-ethyl adjacent to an activating group) is 1. The second-order valence-electron chi connectivity index (χ2n) is 20.3. The van der Waals surface area contributed by atoms with E-state index in [9.17, 15) is 24.6 Å². The summed E-state index contributed by atoms with van der Waals surface area (Å²) in [5.41, 5.74) is 1.15. The second kappa shape index (κ2) is 22.7. The minimum atomic E-state index is -1.55. The molecule has 69 heavy (non-hydrogen) atoms. The van der Waals surface area contributed by atoms with E-state index in [4.69, 9.17) is 23.8 Å². The predicted molar refractivity (Wildman–Crippen MR) is 260 cm³/mol. The molecule has 3 heterocycles. The maximum absolute atomic E-state index is 15.9. The first-order chi connectivity index (χ1) is 33.1. The van der Waals surface area contributed by atoms with Gasteiger partial charge in [-0.3, -0.25) is 24.0 Å². The van der Waals surface area contributed by atoms with E-state index >= 15 is 4.79 Å². The summed E-state index contributed by atoms with van der Waals surface area (Å²) >= 11 is 0. The van der Waals surface area contributed by atoms with Crippen molar-refractivity contribution >= 4 is 29.8 Å². The number of aromatic hydroxyl groups is 1. The number of unbranched alkanes of at least 4 members (excludes halogenated alkanes) is 4. The largest absolute Gasteiger partial charge is 0.508 e. The fourth-order valence-corrected chi connectivity index (χ4v) is 10.5. The van der Waals surface area contributed by atoms with Crippen LogP contribution in [0.2, 0.25) is 0 Å². The first-order valence-electron chi connectivity index (χ1n) is 25.1. The molecule has 3 aliphatic heterocycles. The molecule has 14 nitrogen and oxygen atoms in total. The number of amides is 2. The Bertz CT molecular complexity index is 2240. The highest BCUT2D eigenvalue weighted by Crippen LogP contribution is 2.58. The zero-order valence-corrected chi connectivity index (χ0v) is 41.3. The molecular weight excluding hydrogens is 879 g/mol. The first kappa shape index (κ1) is 51.7. The van der Waals surface area contributed by atoms with Gasteiger partial charge in [-0.15, -0.1) is 0 Å². The lowest BCUT2D eigenvalue weighted by Crippen LogP contribution is -2.70. The van der Waals surface area contributed by atoms with Crippen LogP contribution in [0.4, 0.5) is 0 Å². The second-order valence-corrected chi connectivity index (χ2v) is 20.3. The number of para-hydroxylation sites is 1. The monoisotopic (exact) mass is 952 g/mol. The van der Waals surface area contributed by atoms with Gasteiger partial charge >= 0.3 is 11.9 Å². The quantitative estimate of drug-likeness (QED) is 0.0624. The number of phenols is 1. The number of hydrogen-bond donors (Lipinski definition) is 3. The Morgan fingerprint density at radius 2 is 1.58 bits per heavy atom. The van der Waals surface area contributed by atoms with Gasteiger partial charge in [-0.1, -0.05) is 124 Å². The number of esters is 2. The summed E-state index contributed by atoms with van der Waals surface area (Å²) in [6.45, 7) is 9.32. The number of hydrogen-bond acceptors (Lipinski definition) is 12. The molecule has 7 rings (SSSR count). The van der Waals surface area contributed by atoms with Crippen LogP contribution in [0.5, 0.6) is 5.75 Å². The number of carbonyl (C=O) groups excluding carboxylic acids is 4. The number of hydroxylamine groups is 2. The van der Waals surface area contributed by atoms with Gasteiger partial charge in [-0.25, -0.2) is 0 Å². The summed E-state index contributed by atoms with van der Waals surface area (Å²) in [4.78, 5) is 66.3. The summed E-state index contributed by atoms with van der Waals surface area (Å²) in [6, 6.07) is 21.3. The van der Waals surface area contributed by atoms with E-state index in [1.54, 1.807) is 45.0 Å². The average molecular weight is 952 g/mol. The number of phenolic OH excluding ortho intramolecular Hbond substituents is 1. The van der Waals surface area contributed by atoms with Crippen LogP contribution >= 0.6 is 0 Å². The molecule has 4 aliphatic rings. The average Bonchev–Trinajstić information content (AvgIpc) is 3.88. The lowest BCUT2D eigenvalue weighted by Gasteiger charge is -2.50. The highest BCUT2D eigenvalue weighted by atomic mass is 16.8. The predicted octanol–water partition coefficient (Wildman–Crippen LogP) is 7.76. The Labute approximate surface area is 407 Å². The summed E-state index contributed by atoms with van der Waals surface area (Å²) < 4.78 is 25.9. The van der Waals surface area contributed by atoms with Crippen molar-refractivity contribution in [2.75, 3.05) is 13.7 Å². The van der Waals surface area contributed by atoms with E-state index in [1.807, 2.05) is 78.9 Å². The zero-order chi connectivity index (χ0) is 49.3. The number of aliphatic hydroxyl groups is 1. The molecule has 2 bridgehead atoms. The van der Waals surface area contributed by atoms with Crippen molar-refractivity contribution in [1.82, 2.24) is 15.3 Å². The number of allylic oxidation sites excluding steroid dienone is 1. The molecular formula is C55H73N3O11. The Balaban J connectivity index is 1.21. The molecule has 2 amide bonds. The standard InChI is InChI=1S/C55H73N3O11/c1-7-9-16-31-54(32-17-10-8-2)67-46-44-34-55(52(64)57(6)42(33-38-19-12-11-13-20-38)50(62)56-41(36-59)29-30-45(61)66-53(3,4)5)48(51(63)65-44)58(69-49(55)47(46)68-54)35-39-27-25-37(26-28-39)21-18-23-40-22-14-15-24-43(40)60/h11-15,18-22,24-28,41-42,44,46-49,59-60H,7-10,16-17,23,29-36H2,1-6H3,(H,56,62)/t41-,42+,44+,46-,47-,48+,49+,55+/m0/s1. The molecule has 3 aromatic rings. The van der Waals surface area contributed by atoms with Gasteiger partial charge in [0, 0.05) is 39.2 Å². The number of fused-ring (bicyclic) bond motifs is 4. The number of nitrogens with zero attached hydrogens (tertiary/aromatic N) is 2. The van der Waals surface area contributed by atoms with E-state index in [-0.39, 0.29) is 38.0 Å². The normalized spacial score (nSPS) is 24.6. The third-order valence-electron chi connectivity index (χ3n) is 14.0. The molecule has 374 valence electrons. The molecule has 8 atom stereocenters. The van der Waals surface area contributed by atoms with Crippen molar-refractivity contribution in [2.24, 2.45) is 5.41 Å². The molecule has 0 radical (unpaired) electrons. The number of aliphatic hydroxyl groups excluding tert-OH is 1. The van der Waals surface area contributed by atoms with Gasteiger partial charge in [0.2, 0.25) is 11.8 Å². The molecule has 3 aromatic carbocycles. The molecule has 3 saturated heterocycles. The summed E-state index contributed by atoms with van der Waals surface area (Å²) in [5, 5.41) is 25.1. The molecule has 0 spiro atoms. The maximum Gasteiger partial charge on any atom is 0.327 e. The number of benzene rings is 3. The topological polar surface area (TPSA) is 173 Å². The smallest absolute Gasteiger partial charge is 0.327 e. The van der Waals surface area contributed by atoms with Crippen LogP contribution in [0.3, 0.4) is 0 Å².